The number of amides is 2. The standard InChI is InChI=1S/C17H16N4O4/c1-11-3-4-12(2)15(9-11)19-16(22)17(23)20-18-10-13-5-7-14(8-6-13)21(24)25/h3-10H,1-2H3,(H,19,22)(H,20,23)/b18-10+. The molecule has 8 heteroatoms. The maximum atomic E-state index is 11.9. The van der Waals surface area contributed by atoms with E-state index >= 15 is 0 Å². The van der Waals surface area contributed by atoms with Gasteiger partial charge in [-0.05, 0) is 48.7 Å². The maximum Gasteiger partial charge on any atom is 0.329 e. The molecule has 25 heavy (non-hydrogen) atoms. The summed E-state index contributed by atoms with van der Waals surface area (Å²) in [6.07, 6.45) is 1.28. The molecule has 0 aliphatic carbocycles. The minimum absolute atomic E-state index is 0.0471. The number of non-ortho nitro benzene ring substituents is 1. The second-order valence-electron chi connectivity index (χ2n) is 5.32. The molecular formula is C17H16N4O4. The average Bonchev–Trinajstić information content (AvgIpc) is 2.58. The van der Waals surface area contributed by atoms with Crippen molar-refractivity contribution in [3.05, 3.63) is 69.3 Å². The Bertz CT molecular complexity index is 844. The van der Waals surface area contributed by atoms with Gasteiger partial charge in [-0.1, -0.05) is 12.1 Å². The molecule has 0 aromatic heterocycles. The second-order valence-corrected chi connectivity index (χ2v) is 5.32. The molecule has 2 aromatic carbocycles. The van der Waals surface area contributed by atoms with Crippen LogP contribution in [0.5, 0.6) is 0 Å². The molecule has 0 radical (unpaired) electrons. The first-order valence-corrected chi connectivity index (χ1v) is 7.33. The van der Waals surface area contributed by atoms with Crippen LogP contribution in [0.25, 0.3) is 0 Å². The van der Waals surface area contributed by atoms with Gasteiger partial charge in [-0.15, -0.1) is 0 Å². The largest absolute Gasteiger partial charge is 0.329 e. The lowest BCUT2D eigenvalue weighted by Crippen LogP contribution is -2.32. The van der Waals surface area contributed by atoms with Crippen molar-refractivity contribution in [3.63, 3.8) is 0 Å². The zero-order valence-electron chi connectivity index (χ0n) is 13.6. The number of hydrazone groups is 1. The number of carbonyl (C=O) groups excluding carboxylic acids is 2. The number of hydrogen-bond donors (Lipinski definition) is 2. The summed E-state index contributed by atoms with van der Waals surface area (Å²) in [6.45, 7) is 3.70. The van der Waals surface area contributed by atoms with E-state index in [9.17, 15) is 19.7 Å². The molecule has 0 bridgehead atoms. The first-order chi connectivity index (χ1) is 11.9. The number of carbonyl (C=O) groups is 2. The molecule has 2 rings (SSSR count). The highest BCUT2D eigenvalue weighted by Crippen LogP contribution is 2.16. The fourth-order valence-corrected chi connectivity index (χ4v) is 1.95. The Balaban J connectivity index is 1.93. The summed E-state index contributed by atoms with van der Waals surface area (Å²) in [5.41, 5.74) is 4.95. The van der Waals surface area contributed by atoms with E-state index in [1.807, 2.05) is 26.0 Å². The molecule has 8 nitrogen and oxygen atoms in total. The van der Waals surface area contributed by atoms with Crippen LogP contribution in [0.15, 0.2) is 47.6 Å². The van der Waals surface area contributed by atoms with E-state index in [1.165, 1.54) is 30.5 Å². The van der Waals surface area contributed by atoms with Gasteiger partial charge < -0.3 is 5.32 Å². The number of nitro groups is 1. The van der Waals surface area contributed by atoms with Crippen LogP contribution < -0.4 is 10.7 Å². The fourth-order valence-electron chi connectivity index (χ4n) is 1.95. The number of anilines is 1. The Morgan fingerprint density at radius 3 is 2.40 bits per heavy atom. The van der Waals surface area contributed by atoms with Gasteiger partial charge in [0.1, 0.15) is 0 Å². The molecule has 0 unspecified atom stereocenters. The zero-order valence-corrected chi connectivity index (χ0v) is 13.6. The van der Waals surface area contributed by atoms with Crippen molar-refractivity contribution in [3.8, 4) is 0 Å². The summed E-state index contributed by atoms with van der Waals surface area (Å²) in [6, 6.07) is 11.1. The lowest BCUT2D eigenvalue weighted by molar-refractivity contribution is -0.384. The number of rotatable bonds is 4. The molecule has 0 fully saturated rings. The molecule has 0 aliphatic rings. The molecule has 2 N–H and O–H groups in total. The Morgan fingerprint density at radius 1 is 1.08 bits per heavy atom. The summed E-state index contributed by atoms with van der Waals surface area (Å²) in [4.78, 5) is 33.7. The van der Waals surface area contributed by atoms with E-state index < -0.39 is 16.7 Å². The predicted octanol–water partition coefficient (Wildman–Crippen LogP) is 2.30. The van der Waals surface area contributed by atoms with Gasteiger partial charge in [0, 0.05) is 17.8 Å². The fraction of sp³-hybridized carbons (Fsp3) is 0.118. The van der Waals surface area contributed by atoms with Crippen LogP contribution >= 0.6 is 0 Å². The summed E-state index contributed by atoms with van der Waals surface area (Å²) in [5.74, 6) is -1.76. The third-order valence-electron chi connectivity index (χ3n) is 3.33. The molecular weight excluding hydrogens is 324 g/mol. The molecule has 2 aromatic rings. The third kappa shape index (κ3) is 4.96. The number of nitrogens with zero attached hydrogens (tertiary/aromatic N) is 2. The van der Waals surface area contributed by atoms with E-state index in [0.29, 0.717) is 11.3 Å². The highest BCUT2D eigenvalue weighted by Gasteiger charge is 2.14. The van der Waals surface area contributed by atoms with E-state index in [-0.39, 0.29) is 5.69 Å². The zero-order chi connectivity index (χ0) is 18.4. The second kappa shape index (κ2) is 7.82. The molecule has 0 heterocycles. The topological polar surface area (TPSA) is 114 Å². The summed E-state index contributed by atoms with van der Waals surface area (Å²) in [7, 11) is 0. The number of nitrogens with one attached hydrogen (secondary N) is 2. The smallest absolute Gasteiger partial charge is 0.317 e. The van der Waals surface area contributed by atoms with Crippen molar-refractivity contribution in [2.24, 2.45) is 5.10 Å². The SMILES string of the molecule is Cc1ccc(C)c(NC(=O)C(=O)N/N=C/c2ccc([N+](=O)[O-])cc2)c1. The number of nitro benzene ring substituents is 1. The van der Waals surface area contributed by atoms with Gasteiger partial charge in [0.25, 0.3) is 5.69 Å². The van der Waals surface area contributed by atoms with Gasteiger partial charge in [0.15, 0.2) is 0 Å². The summed E-state index contributed by atoms with van der Waals surface area (Å²) in [5, 5.41) is 16.7. The van der Waals surface area contributed by atoms with Crippen LogP contribution in [-0.2, 0) is 9.59 Å². The lowest BCUT2D eigenvalue weighted by Gasteiger charge is -2.08. The van der Waals surface area contributed by atoms with Crippen LogP contribution in [0, 0.1) is 24.0 Å². The Morgan fingerprint density at radius 2 is 1.76 bits per heavy atom. The predicted molar refractivity (Wildman–Crippen MR) is 93.4 cm³/mol. The Kier molecular flexibility index (Phi) is 5.57. The molecule has 128 valence electrons. The van der Waals surface area contributed by atoms with E-state index in [0.717, 1.165) is 11.1 Å². The van der Waals surface area contributed by atoms with Crippen molar-refractivity contribution in [1.29, 1.82) is 0 Å². The van der Waals surface area contributed by atoms with Crippen molar-refractivity contribution in [1.82, 2.24) is 5.43 Å². The van der Waals surface area contributed by atoms with Crippen LogP contribution in [0.1, 0.15) is 16.7 Å². The maximum absolute atomic E-state index is 11.9. The van der Waals surface area contributed by atoms with Crippen LogP contribution in [0.3, 0.4) is 0 Å². The van der Waals surface area contributed by atoms with Gasteiger partial charge >= 0.3 is 11.8 Å². The highest BCUT2D eigenvalue weighted by atomic mass is 16.6. The average molecular weight is 340 g/mol. The normalized spacial score (nSPS) is 10.5. The van der Waals surface area contributed by atoms with Gasteiger partial charge in [0.2, 0.25) is 0 Å². The summed E-state index contributed by atoms with van der Waals surface area (Å²) >= 11 is 0. The quantitative estimate of drug-likeness (QED) is 0.385. The van der Waals surface area contributed by atoms with Crippen molar-refractivity contribution in [2.45, 2.75) is 13.8 Å². The van der Waals surface area contributed by atoms with E-state index in [4.69, 9.17) is 0 Å². The van der Waals surface area contributed by atoms with Gasteiger partial charge in [-0.3, -0.25) is 19.7 Å². The lowest BCUT2D eigenvalue weighted by atomic mass is 10.1. The van der Waals surface area contributed by atoms with Crippen molar-refractivity contribution in [2.75, 3.05) is 5.32 Å². The summed E-state index contributed by atoms with van der Waals surface area (Å²) < 4.78 is 0. The third-order valence-corrected chi connectivity index (χ3v) is 3.33. The van der Waals surface area contributed by atoms with Crippen LogP contribution in [-0.4, -0.2) is 23.0 Å². The van der Waals surface area contributed by atoms with Gasteiger partial charge in [-0.2, -0.15) is 5.10 Å². The van der Waals surface area contributed by atoms with Crippen molar-refractivity contribution < 1.29 is 14.5 Å². The first kappa shape index (κ1) is 17.8. The number of benzene rings is 2. The molecule has 0 saturated carbocycles. The molecule has 2 amide bonds. The number of hydrogen-bond acceptors (Lipinski definition) is 5. The minimum Gasteiger partial charge on any atom is -0.317 e. The monoisotopic (exact) mass is 340 g/mol. The first-order valence-electron chi connectivity index (χ1n) is 7.33. The van der Waals surface area contributed by atoms with Crippen LogP contribution in [0.2, 0.25) is 0 Å². The van der Waals surface area contributed by atoms with E-state index in [2.05, 4.69) is 15.8 Å². The van der Waals surface area contributed by atoms with Crippen LogP contribution in [0.4, 0.5) is 11.4 Å². The van der Waals surface area contributed by atoms with Gasteiger partial charge in [0.05, 0.1) is 11.1 Å². The van der Waals surface area contributed by atoms with Gasteiger partial charge in [-0.25, -0.2) is 5.43 Å². The van der Waals surface area contributed by atoms with Crippen molar-refractivity contribution >= 4 is 29.4 Å². The van der Waals surface area contributed by atoms with E-state index in [1.54, 1.807) is 6.07 Å². The molecule has 0 saturated heterocycles. The highest BCUT2D eigenvalue weighted by molar-refractivity contribution is 6.39. The minimum atomic E-state index is -0.918. The molecule has 0 atom stereocenters. The molecule has 0 spiro atoms. The Hall–Kier alpha value is -3.55. The Labute approximate surface area is 143 Å². The number of aryl methyl sites for hydroxylation is 2. The molecule has 0 aliphatic heterocycles.